The molecule has 0 N–H and O–H groups in total. The first kappa shape index (κ1) is 12.9. The summed E-state index contributed by atoms with van der Waals surface area (Å²) in [5.74, 6) is -0.194. The van der Waals surface area contributed by atoms with Crippen LogP contribution in [0.2, 0.25) is 5.02 Å². The molecule has 0 aliphatic heterocycles. The average Bonchev–Trinajstić information content (AvgIpc) is 2.26. The van der Waals surface area contributed by atoms with E-state index in [9.17, 15) is 14.9 Å². The second-order valence-electron chi connectivity index (χ2n) is 2.82. The highest BCUT2D eigenvalue weighted by Crippen LogP contribution is 2.32. The Morgan fingerprint density at radius 2 is 2.25 bits per heavy atom. The number of halogens is 2. The van der Waals surface area contributed by atoms with Crippen molar-refractivity contribution < 1.29 is 14.5 Å². The Bertz CT molecular complexity index is 449. The molecule has 0 heterocycles. The largest absolute Gasteiger partial charge is 0.496 e. The molecule has 0 amide bonds. The summed E-state index contributed by atoms with van der Waals surface area (Å²) in [7, 11) is 1.32. The number of ether oxygens (including phenoxy) is 1. The summed E-state index contributed by atoms with van der Waals surface area (Å²) >= 11 is 8.80. The van der Waals surface area contributed by atoms with Crippen LogP contribution in [-0.2, 0) is 0 Å². The van der Waals surface area contributed by atoms with E-state index in [1.807, 2.05) is 0 Å². The highest BCUT2D eigenvalue weighted by Gasteiger charge is 2.20. The van der Waals surface area contributed by atoms with E-state index in [4.69, 9.17) is 16.3 Å². The van der Waals surface area contributed by atoms with Gasteiger partial charge in [-0.1, -0.05) is 27.5 Å². The zero-order chi connectivity index (χ0) is 12.3. The Labute approximate surface area is 105 Å². The third kappa shape index (κ3) is 2.51. The van der Waals surface area contributed by atoms with Crippen molar-refractivity contribution in [3.63, 3.8) is 0 Å². The number of methoxy groups -OCH3 is 1. The van der Waals surface area contributed by atoms with E-state index < -0.39 is 4.92 Å². The molecule has 0 fully saturated rings. The van der Waals surface area contributed by atoms with Gasteiger partial charge >= 0.3 is 0 Å². The Balaban J connectivity index is 3.40. The summed E-state index contributed by atoms with van der Waals surface area (Å²) in [5, 5.41) is 10.6. The van der Waals surface area contributed by atoms with Gasteiger partial charge in [-0.25, -0.2) is 0 Å². The monoisotopic (exact) mass is 307 g/mol. The fraction of sp³-hybridized carbons (Fsp3) is 0.222. The average molecular weight is 309 g/mol. The Hall–Kier alpha value is -1.14. The molecular weight excluding hydrogens is 301 g/mol. The first-order chi connectivity index (χ1) is 7.51. The molecule has 0 unspecified atom stereocenters. The summed E-state index contributed by atoms with van der Waals surface area (Å²) in [6, 6.07) is 2.29. The van der Waals surface area contributed by atoms with Gasteiger partial charge in [-0.05, 0) is 0 Å². The van der Waals surface area contributed by atoms with Gasteiger partial charge in [-0.2, -0.15) is 0 Å². The quantitative estimate of drug-likeness (QED) is 0.371. The number of nitrogens with zero attached hydrogens (tertiary/aromatic N) is 1. The SMILES string of the molecule is COc1cc([N+](=O)[O-])cc(Cl)c1C(=O)CBr. The number of carbonyl (C=O) groups is 1. The molecule has 0 aliphatic carbocycles. The molecule has 86 valence electrons. The van der Waals surface area contributed by atoms with Gasteiger partial charge in [0.05, 0.1) is 34.0 Å². The maximum atomic E-state index is 11.5. The maximum Gasteiger partial charge on any atom is 0.274 e. The number of Topliss-reactive ketones (excluding diaryl/α,β-unsaturated/α-hetero) is 1. The van der Waals surface area contributed by atoms with Gasteiger partial charge in [0.1, 0.15) is 5.75 Å². The fourth-order valence-electron chi connectivity index (χ4n) is 1.17. The van der Waals surface area contributed by atoms with Gasteiger partial charge in [0, 0.05) is 6.07 Å². The second-order valence-corrected chi connectivity index (χ2v) is 3.79. The Morgan fingerprint density at radius 1 is 1.62 bits per heavy atom. The number of nitro groups is 1. The van der Waals surface area contributed by atoms with Crippen molar-refractivity contribution in [1.29, 1.82) is 0 Å². The minimum atomic E-state index is -0.600. The van der Waals surface area contributed by atoms with Gasteiger partial charge in [0.15, 0.2) is 5.78 Å². The van der Waals surface area contributed by atoms with E-state index in [-0.39, 0.29) is 33.1 Å². The molecule has 0 atom stereocenters. The molecule has 0 bridgehead atoms. The molecule has 1 aromatic rings. The molecule has 0 radical (unpaired) electrons. The van der Waals surface area contributed by atoms with Crippen molar-refractivity contribution >= 4 is 39.0 Å². The van der Waals surface area contributed by atoms with Crippen LogP contribution in [0.25, 0.3) is 0 Å². The van der Waals surface area contributed by atoms with Crippen LogP contribution in [0.1, 0.15) is 10.4 Å². The number of hydrogen-bond acceptors (Lipinski definition) is 4. The molecule has 0 spiro atoms. The van der Waals surface area contributed by atoms with Crippen LogP contribution < -0.4 is 4.74 Å². The highest BCUT2D eigenvalue weighted by molar-refractivity contribution is 9.09. The van der Waals surface area contributed by atoms with Gasteiger partial charge in [-0.15, -0.1) is 0 Å². The van der Waals surface area contributed by atoms with Crippen LogP contribution in [-0.4, -0.2) is 23.1 Å². The van der Waals surface area contributed by atoms with Crippen molar-refractivity contribution in [2.75, 3.05) is 12.4 Å². The van der Waals surface area contributed by atoms with E-state index in [1.54, 1.807) is 0 Å². The van der Waals surface area contributed by atoms with Gasteiger partial charge in [-0.3, -0.25) is 14.9 Å². The minimum Gasteiger partial charge on any atom is -0.496 e. The smallest absolute Gasteiger partial charge is 0.274 e. The molecular formula is C9H7BrClNO4. The molecule has 1 aromatic carbocycles. The van der Waals surface area contributed by atoms with Gasteiger partial charge in [0.25, 0.3) is 5.69 Å². The molecule has 1 rings (SSSR count). The number of ketones is 1. The van der Waals surface area contributed by atoms with Crippen LogP contribution >= 0.6 is 27.5 Å². The highest BCUT2D eigenvalue weighted by atomic mass is 79.9. The number of nitro benzene ring substituents is 1. The first-order valence-corrected chi connectivity index (χ1v) is 5.62. The van der Waals surface area contributed by atoms with Gasteiger partial charge < -0.3 is 4.74 Å². The molecule has 5 nitrogen and oxygen atoms in total. The second kappa shape index (κ2) is 5.27. The van der Waals surface area contributed by atoms with Crippen LogP contribution in [0.5, 0.6) is 5.75 Å². The number of rotatable bonds is 4. The summed E-state index contributed by atoms with van der Waals surface area (Å²) in [5.41, 5.74) is -0.0698. The Morgan fingerprint density at radius 3 is 2.69 bits per heavy atom. The third-order valence-corrected chi connectivity index (χ3v) is 2.68. The van der Waals surface area contributed by atoms with Crippen molar-refractivity contribution in [2.45, 2.75) is 0 Å². The van der Waals surface area contributed by atoms with Gasteiger partial charge in [0.2, 0.25) is 0 Å². The summed E-state index contributed by atoms with van der Waals surface area (Å²) in [6.07, 6.45) is 0. The molecule has 0 saturated carbocycles. The lowest BCUT2D eigenvalue weighted by Gasteiger charge is -2.07. The molecule has 16 heavy (non-hydrogen) atoms. The van der Waals surface area contributed by atoms with E-state index in [0.717, 1.165) is 6.07 Å². The summed E-state index contributed by atoms with van der Waals surface area (Å²) in [4.78, 5) is 21.5. The van der Waals surface area contributed by atoms with Crippen LogP contribution in [0.4, 0.5) is 5.69 Å². The van der Waals surface area contributed by atoms with E-state index in [1.165, 1.54) is 13.2 Å². The summed E-state index contributed by atoms with van der Waals surface area (Å²) < 4.78 is 4.91. The van der Waals surface area contributed by atoms with Crippen LogP contribution in [0, 0.1) is 10.1 Å². The first-order valence-electron chi connectivity index (χ1n) is 4.12. The number of carbonyl (C=O) groups excluding carboxylic acids is 1. The van der Waals surface area contributed by atoms with Crippen LogP contribution in [0.3, 0.4) is 0 Å². The van der Waals surface area contributed by atoms with Crippen LogP contribution in [0.15, 0.2) is 12.1 Å². The molecule has 0 saturated heterocycles. The van der Waals surface area contributed by atoms with Crippen molar-refractivity contribution in [3.8, 4) is 5.75 Å². The molecule has 7 heteroatoms. The van der Waals surface area contributed by atoms with Crippen molar-refractivity contribution in [2.24, 2.45) is 0 Å². The number of alkyl halides is 1. The predicted molar refractivity (Wildman–Crippen MR) is 62.8 cm³/mol. The van der Waals surface area contributed by atoms with E-state index in [2.05, 4.69) is 15.9 Å². The standard InChI is InChI=1S/C9H7BrClNO4/c1-16-8-3-5(12(14)15)2-6(11)9(8)7(13)4-10/h2-3H,4H2,1H3. The lowest BCUT2D eigenvalue weighted by Crippen LogP contribution is -2.05. The van der Waals surface area contributed by atoms with E-state index >= 15 is 0 Å². The predicted octanol–water partition coefficient (Wildman–Crippen LogP) is 2.83. The lowest BCUT2D eigenvalue weighted by molar-refractivity contribution is -0.384. The third-order valence-electron chi connectivity index (χ3n) is 1.87. The zero-order valence-corrected chi connectivity index (χ0v) is 10.5. The molecule has 0 aliphatic rings. The number of non-ortho nitro benzene ring substituents is 1. The Kier molecular flexibility index (Phi) is 4.26. The lowest BCUT2D eigenvalue weighted by atomic mass is 10.1. The number of hydrogen-bond donors (Lipinski definition) is 0. The number of benzene rings is 1. The molecule has 0 aromatic heterocycles. The minimum absolute atomic E-state index is 0.00972. The zero-order valence-electron chi connectivity index (χ0n) is 8.20. The maximum absolute atomic E-state index is 11.5. The fourth-order valence-corrected chi connectivity index (χ4v) is 1.76. The van der Waals surface area contributed by atoms with Crippen molar-refractivity contribution in [1.82, 2.24) is 0 Å². The van der Waals surface area contributed by atoms with Crippen molar-refractivity contribution in [3.05, 3.63) is 32.8 Å². The normalized spacial score (nSPS) is 9.94. The van der Waals surface area contributed by atoms with E-state index in [0.29, 0.717) is 0 Å². The topological polar surface area (TPSA) is 69.4 Å². The summed E-state index contributed by atoms with van der Waals surface area (Å²) in [6.45, 7) is 0.